The summed E-state index contributed by atoms with van der Waals surface area (Å²) in [5, 5.41) is 2.88. The first-order chi connectivity index (χ1) is 18.1. The van der Waals surface area contributed by atoms with Crippen LogP contribution in [-0.2, 0) is 6.42 Å². The van der Waals surface area contributed by atoms with Gasteiger partial charge in [0.2, 0.25) is 0 Å². The maximum Gasteiger partial charge on any atom is 0.278 e. The second-order valence-corrected chi connectivity index (χ2v) is 8.19. The zero-order valence-electron chi connectivity index (χ0n) is 20.2. The number of rotatable bonds is 7. The number of hydrogen-bond acceptors (Lipinski definition) is 7. The van der Waals surface area contributed by atoms with E-state index in [2.05, 4.69) is 20.3 Å². The van der Waals surface area contributed by atoms with E-state index < -0.39 is 0 Å². The molecule has 0 aliphatic heterocycles. The first-order valence-corrected chi connectivity index (χ1v) is 11.5. The molecular formula is C28H23N5O4. The Kier molecular flexibility index (Phi) is 6.58. The number of pyridine rings is 2. The molecule has 0 saturated carbocycles. The van der Waals surface area contributed by atoms with Gasteiger partial charge in [-0.3, -0.25) is 19.1 Å². The molecule has 37 heavy (non-hydrogen) atoms. The highest BCUT2D eigenvalue weighted by atomic mass is 16.5. The number of amides is 1. The first kappa shape index (κ1) is 23.7. The van der Waals surface area contributed by atoms with Crippen molar-refractivity contribution in [3.8, 4) is 17.2 Å². The van der Waals surface area contributed by atoms with E-state index in [1.807, 2.05) is 18.2 Å². The van der Waals surface area contributed by atoms with Crippen LogP contribution in [0, 0.1) is 0 Å². The van der Waals surface area contributed by atoms with Crippen LogP contribution in [0.25, 0.3) is 16.9 Å². The Hall–Kier alpha value is -5.05. The Morgan fingerprint density at radius 2 is 1.73 bits per heavy atom. The molecule has 0 aliphatic rings. The van der Waals surface area contributed by atoms with Gasteiger partial charge in [0.05, 0.1) is 19.9 Å². The molecule has 9 nitrogen and oxygen atoms in total. The average Bonchev–Trinajstić information content (AvgIpc) is 2.94. The molecule has 0 bridgehead atoms. The van der Waals surface area contributed by atoms with Gasteiger partial charge in [0, 0.05) is 42.3 Å². The van der Waals surface area contributed by atoms with Gasteiger partial charge in [-0.2, -0.15) is 0 Å². The summed E-state index contributed by atoms with van der Waals surface area (Å²) in [4.78, 5) is 39.8. The Morgan fingerprint density at radius 1 is 0.946 bits per heavy atom. The van der Waals surface area contributed by atoms with Crippen LogP contribution in [-0.4, -0.2) is 39.6 Å². The second-order valence-electron chi connectivity index (χ2n) is 8.19. The largest absolute Gasteiger partial charge is 0.497 e. The number of carbonyl (C=O) groups excluding carboxylic acids is 1. The summed E-state index contributed by atoms with van der Waals surface area (Å²) in [5.74, 6) is 0.650. The molecule has 2 aromatic carbocycles. The molecule has 0 radical (unpaired) electrons. The van der Waals surface area contributed by atoms with Gasteiger partial charge < -0.3 is 14.8 Å². The van der Waals surface area contributed by atoms with Crippen LogP contribution in [0.1, 0.15) is 21.6 Å². The molecular weight excluding hydrogens is 470 g/mol. The molecule has 0 unspecified atom stereocenters. The lowest BCUT2D eigenvalue weighted by Gasteiger charge is -2.13. The van der Waals surface area contributed by atoms with Crippen molar-refractivity contribution in [3.05, 3.63) is 112 Å². The van der Waals surface area contributed by atoms with Crippen LogP contribution >= 0.6 is 0 Å². The normalized spacial score (nSPS) is 10.8. The highest BCUT2D eigenvalue weighted by molar-refractivity contribution is 6.05. The highest BCUT2D eigenvalue weighted by Gasteiger charge is 2.16. The second kappa shape index (κ2) is 10.3. The quantitative estimate of drug-likeness (QED) is 0.365. The predicted octanol–water partition coefficient (Wildman–Crippen LogP) is 4.04. The van der Waals surface area contributed by atoms with Crippen LogP contribution in [0.2, 0.25) is 0 Å². The summed E-state index contributed by atoms with van der Waals surface area (Å²) in [6.07, 6.45) is 5.33. The van der Waals surface area contributed by atoms with Crippen molar-refractivity contribution in [2.75, 3.05) is 19.5 Å². The van der Waals surface area contributed by atoms with E-state index in [0.29, 0.717) is 51.7 Å². The SMILES string of the molecule is COc1cc(OC)cc(C(=O)Nc2cccc(-n3c(=O)c(Cc4cccnc4)nc4cccnc43)c2)c1. The number of benzene rings is 2. The molecule has 0 fully saturated rings. The molecule has 0 atom stereocenters. The van der Waals surface area contributed by atoms with Crippen LogP contribution < -0.4 is 20.3 Å². The summed E-state index contributed by atoms with van der Waals surface area (Å²) in [7, 11) is 3.04. The molecule has 5 aromatic rings. The van der Waals surface area contributed by atoms with E-state index in [0.717, 1.165) is 5.56 Å². The van der Waals surface area contributed by atoms with Crippen molar-refractivity contribution in [1.82, 2.24) is 19.5 Å². The van der Waals surface area contributed by atoms with Crippen molar-refractivity contribution in [1.29, 1.82) is 0 Å². The summed E-state index contributed by atoms with van der Waals surface area (Å²) in [6.45, 7) is 0. The molecule has 3 heterocycles. The maximum atomic E-state index is 13.6. The monoisotopic (exact) mass is 493 g/mol. The summed E-state index contributed by atoms with van der Waals surface area (Å²) in [6, 6.07) is 19.3. The van der Waals surface area contributed by atoms with E-state index in [1.165, 1.54) is 18.8 Å². The van der Waals surface area contributed by atoms with E-state index in [1.54, 1.807) is 67.1 Å². The smallest absolute Gasteiger partial charge is 0.278 e. The van der Waals surface area contributed by atoms with Crippen LogP contribution in [0.5, 0.6) is 11.5 Å². The Bertz CT molecular complexity index is 1630. The molecule has 1 amide bonds. The van der Waals surface area contributed by atoms with E-state index in [4.69, 9.17) is 9.47 Å². The van der Waals surface area contributed by atoms with Gasteiger partial charge in [-0.15, -0.1) is 0 Å². The molecule has 0 aliphatic carbocycles. The number of methoxy groups -OCH3 is 2. The van der Waals surface area contributed by atoms with Crippen LogP contribution in [0.15, 0.2) is 90.1 Å². The molecule has 1 N–H and O–H groups in total. The third-order valence-corrected chi connectivity index (χ3v) is 5.75. The molecule has 0 spiro atoms. The third-order valence-electron chi connectivity index (χ3n) is 5.75. The lowest BCUT2D eigenvalue weighted by Crippen LogP contribution is -2.25. The highest BCUT2D eigenvalue weighted by Crippen LogP contribution is 2.24. The van der Waals surface area contributed by atoms with Crippen LogP contribution in [0.4, 0.5) is 5.69 Å². The van der Waals surface area contributed by atoms with Gasteiger partial charge >= 0.3 is 0 Å². The Balaban J connectivity index is 1.54. The molecule has 5 rings (SSSR count). The minimum absolute atomic E-state index is 0.295. The summed E-state index contributed by atoms with van der Waals surface area (Å²) < 4.78 is 12.0. The predicted molar refractivity (Wildman–Crippen MR) is 140 cm³/mol. The van der Waals surface area contributed by atoms with E-state index in [-0.39, 0.29) is 11.5 Å². The van der Waals surface area contributed by atoms with Crippen molar-refractivity contribution >= 4 is 22.8 Å². The number of ether oxygens (including phenoxy) is 2. The Morgan fingerprint density at radius 3 is 2.46 bits per heavy atom. The number of nitrogens with one attached hydrogen (secondary N) is 1. The van der Waals surface area contributed by atoms with Gasteiger partial charge in [-0.1, -0.05) is 12.1 Å². The number of carbonyl (C=O) groups is 1. The fraction of sp³-hybridized carbons (Fsp3) is 0.107. The van der Waals surface area contributed by atoms with Gasteiger partial charge in [-0.05, 0) is 54.1 Å². The fourth-order valence-corrected chi connectivity index (χ4v) is 3.98. The van der Waals surface area contributed by atoms with Crippen molar-refractivity contribution in [3.63, 3.8) is 0 Å². The topological polar surface area (TPSA) is 108 Å². The molecule has 184 valence electrons. The van der Waals surface area contributed by atoms with Crippen molar-refractivity contribution < 1.29 is 14.3 Å². The fourth-order valence-electron chi connectivity index (χ4n) is 3.98. The van der Waals surface area contributed by atoms with Gasteiger partial charge in [-0.25, -0.2) is 9.97 Å². The lowest BCUT2D eigenvalue weighted by atomic mass is 10.1. The maximum absolute atomic E-state index is 13.6. The lowest BCUT2D eigenvalue weighted by molar-refractivity contribution is 0.102. The molecule has 3 aromatic heterocycles. The number of aromatic nitrogens is 4. The van der Waals surface area contributed by atoms with Crippen LogP contribution in [0.3, 0.4) is 0 Å². The van der Waals surface area contributed by atoms with Gasteiger partial charge in [0.1, 0.15) is 22.7 Å². The van der Waals surface area contributed by atoms with Crippen molar-refractivity contribution in [2.45, 2.75) is 6.42 Å². The number of hydrogen-bond donors (Lipinski definition) is 1. The third kappa shape index (κ3) is 5.01. The van der Waals surface area contributed by atoms with E-state index >= 15 is 0 Å². The standard InChI is InChI=1S/C28H23N5O4/c1-36-22-13-19(14-23(16-22)37-2)27(34)31-20-7-3-8-21(15-20)33-26-24(9-5-11-30-26)32-25(28(33)35)12-18-6-4-10-29-17-18/h3-11,13-17H,12H2,1-2H3,(H,31,34). The zero-order chi connectivity index (χ0) is 25.8. The minimum Gasteiger partial charge on any atom is -0.497 e. The Labute approximate surface area is 212 Å². The molecule has 9 heteroatoms. The molecule has 0 saturated heterocycles. The number of anilines is 1. The summed E-state index contributed by atoms with van der Waals surface area (Å²) >= 11 is 0. The summed E-state index contributed by atoms with van der Waals surface area (Å²) in [5.41, 5.74) is 3.37. The van der Waals surface area contributed by atoms with Gasteiger partial charge in [0.15, 0.2) is 5.65 Å². The first-order valence-electron chi connectivity index (χ1n) is 11.5. The zero-order valence-corrected chi connectivity index (χ0v) is 20.2. The van der Waals surface area contributed by atoms with Crippen molar-refractivity contribution in [2.24, 2.45) is 0 Å². The number of nitrogens with zero attached hydrogens (tertiary/aromatic N) is 4. The average molecular weight is 494 g/mol. The van der Waals surface area contributed by atoms with Gasteiger partial charge in [0.25, 0.3) is 11.5 Å². The minimum atomic E-state index is -0.350. The number of fused-ring (bicyclic) bond motifs is 1. The van der Waals surface area contributed by atoms with E-state index in [9.17, 15) is 9.59 Å².